The summed E-state index contributed by atoms with van der Waals surface area (Å²) in [4.78, 5) is 12.9. The Bertz CT molecular complexity index is 611. The molecule has 6 nitrogen and oxygen atoms in total. The molecule has 0 amide bonds. The average Bonchev–Trinajstić information content (AvgIpc) is 2.36. The van der Waals surface area contributed by atoms with Crippen LogP contribution >= 0.6 is 0 Å². The summed E-state index contributed by atoms with van der Waals surface area (Å²) in [6.07, 6.45) is 0.512. The van der Waals surface area contributed by atoms with Crippen LogP contribution in [0.4, 0.5) is 0 Å². The van der Waals surface area contributed by atoms with Crippen LogP contribution in [-0.4, -0.2) is 51.1 Å². The molecule has 0 aliphatic heterocycles. The molecule has 21 heavy (non-hydrogen) atoms. The molecule has 0 fully saturated rings. The highest BCUT2D eigenvalue weighted by Gasteiger charge is 2.22. The largest absolute Gasteiger partial charge is 0.478 e. The van der Waals surface area contributed by atoms with Gasteiger partial charge in [-0.3, -0.25) is 0 Å². The van der Waals surface area contributed by atoms with Gasteiger partial charge in [-0.2, -0.15) is 0 Å². The van der Waals surface area contributed by atoms with E-state index in [1.807, 2.05) is 25.9 Å². The van der Waals surface area contributed by atoms with Gasteiger partial charge in [0.25, 0.3) is 0 Å². The van der Waals surface area contributed by atoms with Crippen molar-refractivity contribution in [2.45, 2.75) is 31.2 Å². The number of rotatable bonds is 7. The number of sulfonamides is 1. The summed E-state index contributed by atoms with van der Waals surface area (Å²) >= 11 is 0. The third-order valence-corrected chi connectivity index (χ3v) is 4.65. The number of nitrogens with one attached hydrogen (secondary N) is 1. The van der Waals surface area contributed by atoms with E-state index in [2.05, 4.69) is 4.72 Å². The number of benzene rings is 1. The number of aryl methyl sites for hydroxylation is 1. The lowest BCUT2D eigenvalue weighted by atomic mass is 10.1. The number of carbonyl (C=O) groups is 1. The average molecular weight is 314 g/mol. The Hall–Kier alpha value is -1.44. The molecule has 1 aromatic rings. The van der Waals surface area contributed by atoms with E-state index in [4.69, 9.17) is 5.11 Å². The molecular formula is C14H22N2O4S. The smallest absolute Gasteiger partial charge is 0.335 e. The number of carboxylic acid groups (broad SMARTS) is 1. The zero-order chi connectivity index (χ0) is 16.2. The van der Waals surface area contributed by atoms with Gasteiger partial charge in [-0.15, -0.1) is 0 Å². The standard InChI is InChI=1S/C14H22N2O4S/c1-5-11-6-7-12(14(17)18)8-13(11)21(19,20)15-10(2)9-16(3)4/h6-8,10,15H,5,9H2,1-4H3,(H,17,18). The number of carboxylic acids is 1. The Labute approximate surface area is 125 Å². The summed E-state index contributed by atoms with van der Waals surface area (Å²) in [5, 5.41) is 9.02. The normalized spacial score (nSPS) is 13.4. The van der Waals surface area contributed by atoms with Crippen molar-refractivity contribution in [2.75, 3.05) is 20.6 Å². The second kappa shape index (κ2) is 7.02. The van der Waals surface area contributed by atoms with Gasteiger partial charge in [0.15, 0.2) is 0 Å². The Morgan fingerprint density at radius 1 is 1.38 bits per heavy atom. The minimum Gasteiger partial charge on any atom is -0.478 e. The van der Waals surface area contributed by atoms with Crippen LogP contribution in [0, 0.1) is 0 Å². The highest BCUT2D eigenvalue weighted by Crippen LogP contribution is 2.19. The molecule has 0 saturated carbocycles. The third kappa shape index (κ3) is 4.80. The van der Waals surface area contributed by atoms with Crippen LogP contribution in [0.2, 0.25) is 0 Å². The summed E-state index contributed by atoms with van der Waals surface area (Å²) in [5.41, 5.74) is 0.567. The van der Waals surface area contributed by atoms with Crippen molar-refractivity contribution in [1.29, 1.82) is 0 Å². The van der Waals surface area contributed by atoms with E-state index in [0.717, 1.165) is 0 Å². The van der Waals surface area contributed by atoms with Crippen LogP contribution in [0.15, 0.2) is 23.1 Å². The Kier molecular flexibility index (Phi) is 5.88. The van der Waals surface area contributed by atoms with E-state index < -0.39 is 16.0 Å². The first-order valence-electron chi connectivity index (χ1n) is 6.70. The number of nitrogens with zero attached hydrogens (tertiary/aromatic N) is 1. The molecule has 0 radical (unpaired) electrons. The van der Waals surface area contributed by atoms with Gasteiger partial charge in [0.05, 0.1) is 10.5 Å². The number of likely N-dealkylation sites (N-methyl/N-ethyl adjacent to an activating group) is 1. The lowest BCUT2D eigenvalue weighted by Crippen LogP contribution is -2.39. The van der Waals surface area contributed by atoms with E-state index in [0.29, 0.717) is 18.5 Å². The molecule has 0 bridgehead atoms. The van der Waals surface area contributed by atoms with Crippen LogP contribution in [0.1, 0.15) is 29.8 Å². The first kappa shape index (κ1) is 17.6. The molecule has 0 saturated heterocycles. The van der Waals surface area contributed by atoms with E-state index in [1.165, 1.54) is 12.1 Å². The first-order valence-corrected chi connectivity index (χ1v) is 8.19. The highest BCUT2D eigenvalue weighted by atomic mass is 32.2. The monoisotopic (exact) mass is 314 g/mol. The van der Waals surface area contributed by atoms with Crippen LogP contribution < -0.4 is 4.72 Å². The fraction of sp³-hybridized carbons (Fsp3) is 0.500. The van der Waals surface area contributed by atoms with E-state index in [9.17, 15) is 13.2 Å². The fourth-order valence-corrected chi connectivity index (χ4v) is 3.71. The lowest BCUT2D eigenvalue weighted by Gasteiger charge is -2.19. The summed E-state index contributed by atoms with van der Waals surface area (Å²) in [6, 6.07) is 3.91. The second-order valence-electron chi connectivity index (χ2n) is 5.27. The maximum absolute atomic E-state index is 12.5. The topological polar surface area (TPSA) is 86.7 Å². The van der Waals surface area contributed by atoms with Crippen molar-refractivity contribution in [3.63, 3.8) is 0 Å². The summed E-state index contributed by atoms with van der Waals surface area (Å²) in [7, 11) is -0.0349. The summed E-state index contributed by atoms with van der Waals surface area (Å²) < 4.78 is 27.5. The molecule has 118 valence electrons. The molecule has 7 heteroatoms. The predicted octanol–water partition coefficient (Wildman–Crippen LogP) is 1.18. The van der Waals surface area contributed by atoms with Crippen LogP contribution in [0.5, 0.6) is 0 Å². The fourth-order valence-electron chi connectivity index (χ4n) is 2.14. The number of hydrogen-bond donors (Lipinski definition) is 2. The highest BCUT2D eigenvalue weighted by molar-refractivity contribution is 7.89. The molecule has 1 unspecified atom stereocenters. The molecule has 1 rings (SSSR count). The van der Waals surface area contributed by atoms with Crippen LogP contribution in [-0.2, 0) is 16.4 Å². The van der Waals surface area contributed by atoms with Crippen molar-refractivity contribution in [1.82, 2.24) is 9.62 Å². The SMILES string of the molecule is CCc1ccc(C(=O)O)cc1S(=O)(=O)NC(C)CN(C)C. The van der Waals surface area contributed by atoms with Gasteiger partial charge < -0.3 is 10.0 Å². The third-order valence-electron chi connectivity index (χ3n) is 2.98. The van der Waals surface area contributed by atoms with Crippen molar-refractivity contribution in [3.8, 4) is 0 Å². The van der Waals surface area contributed by atoms with Crippen LogP contribution in [0.25, 0.3) is 0 Å². The molecule has 2 N–H and O–H groups in total. The predicted molar refractivity (Wildman–Crippen MR) is 81.1 cm³/mol. The molecular weight excluding hydrogens is 292 g/mol. The molecule has 0 aliphatic rings. The Balaban J connectivity index is 3.17. The Morgan fingerprint density at radius 3 is 2.48 bits per heavy atom. The minimum atomic E-state index is -3.74. The first-order chi connectivity index (χ1) is 9.67. The maximum atomic E-state index is 12.5. The summed E-state index contributed by atoms with van der Waals surface area (Å²) in [6.45, 7) is 4.15. The van der Waals surface area contributed by atoms with Crippen molar-refractivity contribution in [2.24, 2.45) is 0 Å². The quantitative estimate of drug-likeness (QED) is 0.789. The van der Waals surface area contributed by atoms with Gasteiger partial charge >= 0.3 is 5.97 Å². The zero-order valence-corrected chi connectivity index (χ0v) is 13.6. The lowest BCUT2D eigenvalue weighted by molar-refractivity contribution is 0.0696. The van der Waals surface area contributed by atoms with Crippen molar-refractivity contribution >= 4 is 16.0 Å². The second-order valence-corrected chi connectivity index (χ2v) is 6.95. The van der Waals surface area contributed by atoms with Gasteiger partial charge in [0, 0.05) is 12.6 Å². The number of hydrogen-bond acceptors (Lipinski definition) is 4. The van der Waals surface area contributed by atoms with Gasteiger partial charge in [0.2, 0.25) is 10.0 Å². The van der Waals surface area contributed by atoms with E-state index in [1.54, 1.807) is 13.0 Å². The van der Waals surface area contributed by atoms with Gasteiger partial charge in [0.1, 0.15) is 0 Å². The summed E-state index contributed by atoms with van der Waals surface area (Å²) in [5.74, 6) is -1.14. The Morgan fingerprint density at radius 2 is 2.00 bits per heavy atom. The molecule has 0 aromatic heterocycles. The van der Waals surface area contributed by atoms with Gasteiger partial charge in [-0.25, -0.2) is 17.9 Å². The molecule has 0 aliphatic carbocycles. The van der Waals surface area contributed by atoms with E-state index in [-0.39, 0.29) is 16.5 Å². The molecule has 0 spiro atoms. The van der Waals surface area contributed by atoms with Crippen molar-refractivity contribution < 1.29 is 18.3 Å². The molecule has 1 aromatic carbocycles. The van der Waals surface area contributed by atoms with Crippen LogP contribution in [0.3, 0.4) is 0 Å². The minimum absolute atomic E-state index is 0.0344. The van der Waals surface area contributed by atoms with Gasteiger partial charge in [-0.05, 0) is 45.1 Å². The number of aromatic carboxylic acids is 1. The molecule has 0 heterocycles. The maximum Gasteiger partial charge on any atom is 0.335 e. The van der Waals surface area contributed by atoms with Crippen molar-refractivity contribution in [3.05, 3.63) is 29.3 Å². The van der Waals surface area contributed by atoms with E-state index >= 15 is 0 Å². The van der Waals surface area contributed by atoms with Gasteiger partial charge in [-0.1, -0.05) is 13.0 Å². The molecule has 1 atom stereocenters. The zero-order valence-electron chi connectivity index (χ0n) is 12.8.